The van der Waals surface area contributed by atoms with Gasteiger partial charge in [0.15, 0.2) is 0 Å². The van der Waals surface area contributed by atoms with Gasteiger partial charge in [-0.3, -0.25) is 0 Å². The van der Waals surface area contributed by atoms with Crippen molar-refractivity contribution in [3.8, 4) is 0 Å². The highest BCUT2D eigenvalue weighted by atomic mass is 79.9. The molecule has 0 atom stereocenters. The van der Waals surface area contributed by atoms with Crippen LogP contribution in [0, 0.1) is 11.3 Å². The van der Waals surface area contributed by atoms with Gasteiger partial charge < -0.3 is 10.0 Å². The third-order valence-corrected chi connectivity index (χ3v) is 4.74. The summed E-state index contributed by atoms with van der Waals surface area (Å²) < 4.78 is 0.926. The second-order valence-electron chi connectivity index (χ2n) is 6.59. The monoisotopic (exact) mass is 339 g/mol. The number of aromatic carboxylic acids is 1. The summed E-state index contributed by atoms with van der Waals surface area (Å²) in [6.45, 7) is 8.72. The summed E-state index contributed by atoms with van der Waals surface area (Å²) in [6.07, 6.45) is 2.24. The first-order valence-electron chi connectivity index (χ1n) is 7.07. The maximum absolute atomic E-state index is 11.4. The minimum Gasteiger partial charge on any atom is -0.478 e. The Bertz CT molecular complexity index is 500. The van der Waals surface area contributed by atoms with Crippen molar-refractivity contribution >= 4 is 27.6 Å². The third-order valence-electron chi connectivity index (χ3n) is 4.25. The van der Waals surface area contributed by atoms with Crippen molar-refractivity contribution in [1.29, 1.82) is 0 Å². The highest BCUT2D eigenvalue weighted by Crippen LogP contribution is 2.36. The molecule has 0 unspecified atom stereocenters. The Kier molecular flexibility index (Phi) is 4.43. The average molecular weight is 340 g/mol. The van der Waals surface area contributed by atoms with Gasteiger partial charge in [0, 0.05) is 17.6 Å². The Morgan fingerprint density at radius 1 is 1.30 bits per heavy atom. The maximum Gasteiger partial charge on any atom is 0.337 e. The van der Waals surface area contributed by atoms with E-state index in [0.717, 1.165) is 36.1 Å². The van der Waals surface area contributed by atoms with Crippen LogP contribution < -0.4 is 4.90 Å². The van der Waals surface area contributed by atoms with Crippen molar-refractivity contribution in [2.75, 3.05) is 18.0 Å². The van der Waals surface area contributed by atoms with Crippen LogP contribution in [0.1, 0.15) is 44.0 Å². The zero-order chi connectivity index (χ0) is 14.9. The quantitative estimate of drug-likeness (QED) is 0.867. The first-order valence-corrected chi connectivity index (χ1v) is 7.86. The zero-order valence-electron chi connectivity index (χ0n) is 12.3. The van der Waals surface area contributed by atoms with Crippen LogP contribution in [0.5, 0.6) is 0 Å². The smallest absolute Gasteiger partial charge is 0.337 e. The molecule has 1 heterocycles. The number of hydrogen-bond donors (Lipinski definition) is 1. The molecule has 1 aliphatic rings. The summed E-state index contributed by atoms with van der Waals surface area (Å²) in [6, 6.07) is 5.38. The summed E-state index contributed by atoms with van der Waals surface area (Å²) in [7, 11) is 0. The molecule has 3 nitrogen and oxygen atoms in total. The van der Waals surface area contributed by atoms with E-state index in [2.05, 4.69) is 41.6 Å². The molecule has 1 saturated heterocycles. The van der Waals surface area contributed by atoms with E-state index in [1.165, 1.54) is 0 Å². The summed E-state index contributed by atoms with van der Waals surface area (Å²) in [5.74, 6) is -0.148. The van der Waals surface area contributed by atoms with Crippen molar-refractivity contribution in [2.45, 2.75) is 33.6 Å². The summed E-state index contributed by atoms with van der Waals surface area (Å²) >= 11 is 3.44. The number of nitrogens with zero attached hydrogens (tertiary/aromatic N) is 1. The van der Waals surface area contributed by atoms with Crippen LogP contribution in [0.4, 0.5) is 5.69 Å². The molecular weight excluding hydrogens is 318 g/mol. The van der Waals surface area contributed by atoms with Gasteiger partial charge in [-0.1, -0.05) is 36.7 Å². The molecular formula is C16H22BrNO2. The number of halogens is 1. The molecule has 1 fully saturated rings. The maximum atomic E-state index is 11.4. The minimum atomic E-state index is -0.856. The van der Waals surface area contributed by atoms with E-state index in [-0.39, 0.29) is 0 Å². The Labute approximate surface area is 129 Å². The van der Waals surface area contributed by atoms with Gasteiger partial charge in [0.2, 0.25) is 0 Å². The lowest BCUT2D eigenvalue weighted by Gasteiger charge is -2.40. The SMILES string of the molecule is CC(C)(C)C1CCN(c2cc(Br)ccc2C(=O)O)CC1. The Hall–Kier alpha value is -1.03. The van der Waals surface area contributed by atoms with Crippen molar-refractivity contribution in [1.82, 2.24) is 0 Å². The predicted molar refractivity (Wildman–Crippen MR) is 85.5 cm³/mol. The lowest BCUT2D eigenvalue weighted by atomic mass is 9.75. The van der Waals surface area contributed by atoms with Gasteiger partial charge in [-0.05, 0) is 42.4 Å². The summed E-state index contributed by atoms with van der Waals surface area (Å²) in [5, 5.41) is 9.33. The first kappa shape index (κ1) is 15.4. The van der Waals surface area contributed by atoms with E-state index in [4.69, 9.17) is 0 Å². The molecule has 0 aliphatic carbocycles. The van der Waals surface area contributed by atoms with Crippen LogP contribution in [0.25, 0.3) is 0 Å². The molecule has 0 spiro atoms. The van der Waals surface area contributed by atoms with E-state index >= 15 is 0 Å². The van der Waals surface area contributed by atoms with Gasteiger partial charge in [-0.15, -0.1) is 0 Å². The van der Waals surface area contributed by atoms with E-state index in [9.17, 15) is 9.90 Å². The van der Waals surface area contributed by atoms with Crippen LogP contribution in [0.15, 0.2) is 22.7 Å². The molecule has 4 heteroatoms. The molecule has 0 amide bonds. The molecule has 0 saturated carbocycles. The van der Waals surface area contributed by atoms with E-state index in [1.54, 1.807) is 12.1 Å². The Morgan fingerprint density at radius 3 is 2.40 bits per heavy atom. The van der Waals surface area contributed by atoms with Crippen LogP contribution in [-0.4, -0.2) is 24.2 Å². The summed E-state index contributed by atoms with van der Waals surface area (Å²) in [5.41, 5.74) is 1.56. The summed E-state index contributed by atoms with van der Waals surface area (Å²) in [4.78, 5) is 13.6. The molecule has 0 radical (unpaired) electrons. The number of carbonyl (C=O) groups is 1. The number of carboxylic acids is 1. The van der Waals surface area contributed by atoms with Crippen LogP contribution in [0.2, 0.25) is 0 Å². The van der Waals surface area contributed by atoms with E-state index in [1.807, 2.05) is 6.07 Å². The normalized spacial score (nSPS) is 17.3. The fraction of sp³-hybridized carbons (Fsp3) is 0.562. The number of rotatable bonds is 2. The van der Waals surface area contributed by atoms with Crippen LogP contribution in [-0.2, 0) is 0 Å². The van der Waals surface area contributed by atoms with Crippen molar-refractivity contribution in [2.24, 2.45) is 11.3 Å². The van der Waals surface area contributed by atoms with E-state index < -0.39 is 5.97 Å². The first-order chi connectivity index (χ1) is 9.29. The number of anilines is 1. The predicted octanol–water partition coefficient (Wildman–Crippen LogP) is 4.41. The molecule has 2 rings (SSSR count). The number of carboxylic acid groups (broad SMARTS) is 1. The molecule has 1 aromatic carbocycles. The van der Waals surface area contributed by atoms with Gasteiger partial charge in [0.1, 0.15) is 0 Å². The lowest BCUT2D eigenvalue weighted by molar-refractivity contribution is 0.0697. The van der Waals surface area contributed by atoms with Gasteiger partial charge in [-0.2, -0.15) is 0 Å². The Morgan fingerprint density at radius 2 is 1.90 bits per heavy atom. The fourth-order valence-corrected chi connectivity index (χ4v) is 3.28. The molecule has 1 aromatic rings. The van der Waals surface area contributed by atoms with Crippen LogP contribution >= 0.6 is 15.9 Å². The van der Waals surface area contributed by atoms with E-state index in [0.29, 0.717) is 16.9 Å². The Balaban J connectivity index is 2.18. The molecule has 0 bridgehead atoms. The second-order valence-corrected chi connectivity index (χ2v) is 7.51. The number of benzene rings is 1. The van der Waals surface area contributed by atoms with Crippen LogP contribution in [0.3, 0.4) is 0 Å². The standard InChI is InChI=1S/C16H22BrNO2/c1-16(2,3)11-6-8-18(9-7-11)14-10-12(17)4-5-13(14)15(19)20/h4-5,10-11H,6-9H2,1-3H3,(H,19,20). The largest absolute Gasteiger partial charge is 0.478 e. The van der Waals surface area contributed by atoms with Crippen molar-refractivity contribution in [3.63, 3.8) is 0 Å². The molecule has 110 valence electrons. The van der Waals surface area contributed by atoms with Gasteiger partial charge in [0.05, 0.1) is 11.3 Å². The fourth-order valence-electron chi connectivity index (χ4n) is 2.93. The van der Waals surface area contributed by atoms with Crippen molar-refractivity contribution in [3.05, 3.63) is 28.2 Å². The minimum absolute atomic E-state index is 0.332. The lowest BCUT2D eigenvalue weighted by Crippen LogP contribution is -2.38. The highest BCUT2D eigenvalue weighted by molar-refractivity contribution is 9.10. The molecule has 1 N–H and O–H groups in total. The van der Waals surface area contributed by atoms with Gasteiger partial charge >= 0.3 is 5.97 Å². The topological polar surface area (TPSA) is 40.5 Å². The second kappa shape index (κ2) is 5.76. The van der Waals surface area contributed by atoms with Crippen molar-refractivity contribution < 1.29 is 9.90 Å². The molecule has 0 aromatic heterocycles. The average Bonchev–Trinajstić information content (AvgIpc) is 2.37. The number of piperidine rings is 1. The molecule has 1 aliphatic heterocycles. The highest BCUT2D eigenvalue weighted by Gasteiger charge is 2.30. The third kappa shape index (κ3) is 3.35. The van der Waals surface area contributed by atoms with Gasteiger partial charge in [0.25, 0.3) is 0 Å². The van der Waals surface area contributed by atoms with Gasteiger partial charge in [-0.25, -0.2) is 4.79 Å². The molecule has 20 heavy (non-hydrogen) atoms. The zero-order valence-corrected chi connectivity index (χ0v) is 13.9. The number of hydrogen-bond acceptors (Lipinski definition) is 2.